The molecule has 0 fully saturated rings. The number of benzene rings is 3. The maximum absolute atomic E-state index is 12.8. The molecule has 8 heteroatoms. The number of hydrogen-bond acceptors (Lipinski definition) is 5. The van der Waals surface area contributed by atoms with Crippen molar-refractivity contribution in [2.24, 2.45) is 0 Å². The normalized spacial score (nSPS) is 11.4. The molecule has 32 heavy (non-hydrogen) atoms. The molecular weight excluding hydrogens is 406 g/mol. The van der Waals surface area contributed by atoms with Crippen molar-refractivity contribution in [2.45, 2.75) is 6.10 Å². The Morgan fingerprint density at radius 1 is 0.906 bits per heavy atom. The molecule has 2 amide bonds. The molecule has 0 spiro atoms. The van der Waals surface area contributed by atoms with Gasteiger partial charge in [0.1, 0.15) is 18.4 Å². The van der Waals surface area contributed by atoms with Gasteiger partial charge in [0.05, 0.1) is 12.2 Å². The number of anilines is 1. The number of nitrogens with one attached hydrogen (secondary N) is 2. The summed E-state index contributed by atoms with van der Waals surface area (Å²) < 4.78 is 7.52. The second kappa shape index (κ2) is 10.0. The van der Waals surface area contributed by atoms with Crippen LogP contribution in [-0.2, 0) is 9.59 Å². The van der Waals surface area contributed by atoms with Crippen LogP contribution in [0.3, 0.4) is 0 Å². The summed E-state index contributed by atoms with van der Waals surface area (Å²) in [5.74, 6) is -0.191. The van der Waals surface area contributed by atoms with Crippen molar-refractivity contribution < 1.29 is 14.3 Å². The highest BCUT2D eigenvalue weighted by Crippen LogP contribution is 2.22. The number of aromatic nitrogens is 3. The lowest BCUT2D eigenvalue weighted by Gasteiger charge is -2.19. The van der Waals surface area contributed by atoms with Gasteiger partial charge in [-0.05, 0) is 36.4 Å². The van der Waals surface area contributed by atoms with Crippen LogP contribution in [0.5, 0.6) is 5.75 Å². The maximum atomic E-state index is 12.8. The Morgan fingerprint density at radius 3 is 2.25 bits per heavy atom. The van der Waals surface area contributed by atoms with Crippen molar-refractivity contribution >= 4 is 17.5 Å². The molecule has 0 saturated heterocycles. The zero-order valence-corrected chi connectivity index (χ0v) is 17.1. The van der Waals surface area contributed by atoms with Gasteiger partial charge < -0.3 is 15.4 Å². The standard InChI is InChI=1S/C24H21N5O3/c30-22(28-19-11-13-20(14-12-19)29-17-25-16-27-29)15-26-24(31)23(18-7-3-1-4-8-18)32-21-9-5-2-6-10-21/h1-14,16-17,23H,15H2,(H,26,31)(H,28,30). The maximum Gasteiger partial charge on any atom is 0.266 e. The Balaban J connectivity index is 1.36. The third-order valence-corrected chi connectivity index (χ3v) is 4.60. The number of ether oxygens (including phenoxy) is 1. The van der Waals surface area contributed by atoms with Crippen LogP contribution in [0.25, 0.3) is 5.69 Å². The minimum atomic E-state index is -0.881. The van der Waals surface area contributed by atoms with Gasteiger partial charge in [0.25, 0.3) is 5.91 Å². The first-order valence-corrected chi connectivity index (χ1v) is 9.98. The molecule has 0 aliphatic heterocycles. The average molecular weight is 427 g/mol. The predicted octanol–water partition coefficient (Wildman–Crippen LogP) is 3.14. The Kier molecular flexibility index (Phi) is 6.52. The molecule has 1 atom stereocenters. The fourth-order valence-corrected chi connectivity index (χ4v) is 3.04. The van der Waals surface area contributed by atoms with Crippen molar-refractivity contribution in [1.29, 1.82) is 0 Å². The summed E-state index contributed by atoms with van der Waals surface area (Å²) in [5, 5.41) is 9.47. The van der Waals surface area contributed by atoms with Crippen molar-refractivity contribution in [3.63, 3.8) is 0 Å². The molecule has 0 bridgehead atoms. The fourth-order valence-electron chi connectivity index (χ4n) is 3.04. The number of nitrogens with zero attached hydrogens (tertiary/aromatic N) is 3. The molecule has 4 aromatic rings. The average Bonchev–Trinajstić information content (AvgIpc) is 3.38. The molecule has 2 N–H and O–H groups in total. The number of hydrogen-bond donors (Lipinski definition) is 2. The zero-order valence-electron chi connectivity index (χ0n) is 17.1. The lowest BCUT2D eigenvalue weighted by molar-refractivity contribution is -0.130. The van der Waals surface area contributed by atoms with E-state index in [0.717, 1.165) is 5.69 Å². The molecule has 8 nitrogen and oxygen atoms in total. The van der Waals surface area contributed by atoms with Gasteiger partial charge in [-0.25, -0.2) is 9.67 Å². The second-order valence-corrected chi connectivity index (χ2v) is 6.87. The molecule has 0 aliphatic carbocycles. The van der Waals surface area contributed by atoms with Gasteiger partial charge >= 0.3 is 0 Å². The second-order valence-electron chi connectivity index (χ2n) is 6.87. The largest absolute Gasteiger partial charge is 0.476 e. The summed E-state index contributed by atoms with van der Waals surface area (Å²) in [6, 6.07) is 25.3. The third kappa shape index (κ3) is 5.37. The lowest BCUT2D eigenvalue weighted by atomic mass is 10.1. The molecule has 1 aromatic heterocycles. The molecular formula is C24H21N5O3. The molecule has 160 valence electrons. The monoisotopic (exact) mass is 427 g/mol. The Labute approximate surface area is 184 Å². The van der Waals surface area contributed by atoms with Gasteiger partial charge in [0, 0.05) is 11.3 Å². The summed E-state index contributed by atoms with van der Waals surface area (Å²) in [6.07, 6.45) is 2.15. The van der Waals surface area contributed by atoms with Crippen LogP contribution < -0.4 is 15.4 Å². The summed E-state index contributed by atoms with van der Waals surface area (Å²) in [4.78, 5) is 29.1. The first-order valence-electron chi connectivity index (χ1n) is 9.98. The van der Waals surface area contributed by atoms with Crippen molar-refractivity contribution in [3.05, 3.63) is 103 Å². The predicted molar refractivity (Wildman–Crippen MR) is 119 cm³/mol. The van der Waals surface area contributed by atoms with Gasteiger partial charge in [-0.1, -0.05) is 48.5 Å². The van der Waals surface area contributed by atoms with E-state index < -0.39 is 12.0 Å². The summed E-state index contributed by atoms with van der Waals surface area (Å²) >= 11 is 0. The highest BCUT2D eigenvalue weighted by atomic mass is 16.5. The summed E-state index contributed by atoms with van der Waals surface area (Å²) in [6.45, 7) is -0.189. The molecule has 0 saturated carbocycles. The van der Waals surface area contributed by atoms with E-state index in [1.807, 2.05) is 60.7 Å². The van der Waals surface area contributed by atoms with Crippen molar-refractivity contribution in [3.8, 4) is 11.4 Å². The van der Waals surface area contributed by atoms with Gasteiger partial charge in [0.2, 0.25) is 12.0 Å². The van der Waals surface area contributed by atoms with E-state index in [0.29, 0.717) is 17.0 Å². The van der Waals surface area contributed by atoms with Gasteiger partial charge in [-0.3, -0.25) is 9.59 Å². The third-order valence-electron chi connectivity index (χ3n) is 4.60. The van der Waals surface area contributed by atoms with Crippen LogP contribution in [0.1, 0.15) is 11.7 Å². The van der Waals surface area contributed by atoms with Crippen LogP contribution >= 0.6 is 0 Å². The number of para-hydroxylation sites is 1. The molecule has 1 unspecified atom stereocenters. The number of carbonyl (C=O) groups excluding carboxylic acids is 2. The quantitative estimate of drug-likeness (QED) is 0.450. The van der Waals surface area contributed by atoms with E-state index in [4.69, 9.17) is 4.74 Å². The van der Waals surface area contributed by atoms with Crippen LogP contribution in [0.15, 0.2) is 97.6 Å². The first-order chi connectivity index (χ1) is 15.7. The van der Waals surface area contributed by atoms with E-state index in [1.54, 1.807) is 35.3 Å². The Hall–Kier alpha value is -4.46. The Morgan fingerprint density at radius 2 is 1.59 bits per heavy atom. The van der Waals surface area contributed by atoms with E-state index in [9.17, 15) is 9.59 Å². The smallest absolute Gasteiger partial charge is 0.266 e. The topological polar surface area (TPSA) is 98.1 Å². The Bertz CT molecular complexity index is 1150. The van der Waals surface area contributed by atoms with Crippen molar-refractivity contribution in [1.82, 2.24) is 20.1 Å². The van der Waals surface area contributed by atoms with Crippen LogP contribution in [0.4, 0.5) is 5.69 Å². The summed E-state index contributed by atoms with van der Waals surface area (Å²) in [5.41, 5.74) is 2.11. The van der Waals surface area contributed by atoms with Crippen LogP contribution in [0.2, 0.25) is 0 Å². The van der Waals surface area contributed by atoms with Gasteiger partial charge in [-0.15, -0.1) is 0 Å². The highest BCUT2D eigenvalue weighted by Gasteiger charge is 2.23. The van der Waals surface area contributed by atoms with Crippen molar-refractivity contribution in [2.75, 3.05) is 11.9 Å². The summed E-state index contributed by atoms with van der Waals surface area (Å²) in [7, 11) is 0. The fraction of sp³-hybridized carbons (Fsp3) is 0.0833. The molecule has 1 heterocycles. The molecule has 4 rings (SSSR count). The van der Waals surface area contributed by atoms with Crippen LogP contribution in [0, 0.1) is 0 Å². The molecule has 3 aromatic carbocycles. The number of carbonyl (C=O) groups is 2. The van der Waals surface area contributed by atoms with E-state index in [1.165, 1.54) is 6.33 Å². The zero-order chi connectivity index (χ0) is 22.2. The minimum Gasteiger partial charge on any atom is -0.476 e. The number of rotatable bonds is 8. The molecule has 0 aliphatic rings. The van der Waals surface area contributed by atoms with E-state index in [2.05, 4.69) is 20.7 Å². The SMILES string of the molecule is O=C(CNC(=O)C(Oc1ccccc1)c1ccccc1)Nc1ccc(-n2cncn2)cc1. The van der Waals surface area contributed by atoms with E-state index in [-0.39, 0.29) is 12.5 Å². The molecule has 0 radical (unpaired) electrons. The van der Waals surface area contributed by atoms with E-state index >= 15 is 0 Å². The first kappa shape index (κ1) is 20.8. The highest BCUT2D eigenvalue weighted by molar-refractivity contribution is 5.95. The van der Waals surface area contributed by atoms with Gasteiger partial charge in [-0.2, -0.15) is 5.10 Å². The minimum absolute atomic E-state index is 0.189. The van der Waals surface area contributed by atoms with Gasteiger partial charge in [0.15, 0.2) is 0 Å². The van der Waals surface area contributed by atoms with Crippen LogP contribution in [-0.4, -0.2) is 33.1 Å². The number of amides is 2. The lowest BCUT2D eigenvalue weighted by Crippen LogP contribution is -2.37.